The second-order valence-corrected chi connectivity index (χ2v) is 6.02. The summed E-state index contributed by atoms with van der Waals surface area (Å²) in [5, 5.41) is 1.72. The quantitative estimate of drug-likeness (QED) is 0.679. The van der Waals surface area contributed by atoms with Gasteiger partial charge >= 0.3 is 0 Å². The highest BCUT2D eigenvalue weighted by Gasteiger charge is 2.06. The summed E-state index contributed by atoms with van der Waals surface area (Å²) in [6.07, 6.45) is 2.89. The van der Waals surface area contributed by atoms with Crippen LogP contribution in [-0.4, -0.2) is 4.21 Å². The van der Waals surface area contributed by atoms with Gasteiger partial charge in [-0.1, -0.05) is 49.7 Å². The van der Waals surface area contributed by atoms with Gasteiger partial charge in [0.1, 0.15) is 11.5 Å². The number of ether oxygens (including phenoxy) is 1. The standard InChI is InChI=1S/C18H20O2S/c1-2-3-10-17(20-16-11-6-4-7-12-16)15-21(19)18-13-8-5-9-14-18/h4-9,11-15H,2-3,10H2,1H3/b17-15+. The number of benzene rings is 2. The molecule has 0 aliphatic heterocycles. The minimum atomic E-state index is -1.18. The Kier molecular flexibility index (Phi) is 6.22. The van der Waals surface area contributed by atoms with Crippen LogP contribution in [0.5, 0.6) is 5.75 Å². The van der Waals surface area contributed by atoms with Crippen molar-refractivity contribution in [3.63, 3.8) is 0 Å². The summed E-state index contributed by atoms with van der Waals surface area (Å²) in [6, 6.07) is 19.1. The largest absolute Gasteiger partial charge is 0.461 e. The van der Waals surface area contributed by atoms with E-state index in [1.54, 1.807) is 5.41 Å². The molecule has 0 spiro atoms. The fourth-order valence-electron chi connectivity index (χ4n) is 1.87. The molecule has 2 nitrogen and oxygen atoms in total. The third kappa shape index (κ3) is 5.20. The lowest BCUT2D eigenvalue weighted by Gasteiger charge is -2.10. The van der Waals surface area contributed by atoms with E-state index >= 15 is 0 Å². The lowest BCUT2D eigenvalue weighted by molar-refractivity contribution is 0.399. The molecule has 0 saturated heterocycles. The van der Waals surface area contributed by atoms with Crippen LogP contribution in [0.3, 0.4) is 0 Å². The van der Waals surface area contributed by atoms with Crippen LogP contribution >= 0.6 is 0 Å². The molecule has 2 aromatic rings. The van der Waals surface area contributed by atoms with Crippen LogP contribution in [0.2, 0.25) is 0 Å². The van der Waals surface area contributed by atoms with E-state index in [1.165, 1.54) is 0 Å². The van der Waals surface area contributed by atoms with E-state index in [9.17, 15) is 4.21 Å². The molecule has 2 aromatic carbocycles. The summed E-state index contributed by atoms with van der Waals surface area (Å²) in [6.45, 7) is 2.13. The number of unbranched alkanes of at least 4 members (excludes halogenated alkanes) is 1. The van der Waals surface area contributed by atoms with Crippen LogP contribution in [0.25, 0.3) is 0 Å². The van der Waals surface area contributed by atoms with Gasteiger partial charge < -0.3 is 4.74 Å². The average Bonchev–Trinajstić information content (AvgIpc) is 2.54. The Hall–Kier alpha value is -1.87. The van der Waals surface area contributed by atoms with Crippen LogP contribution in [-0.2, 0) is 10.8 Å². The Morgan fingerprint density at radius 3 is 2.29 bits per heavy atom. The summed E-state index contributed by atoms with van der Waals surface area (Å²) in [4.78, 5) is 0.795. The van der Waals surface area contributed by atoms with Crippen molar-refractivity contribution in [1.82, 2.24) is 0 Å². The molecular formula is C18H20O2S. The molecule has 0 amide bonds. The van der Waals surface area contributed by atoms with Gasteiger partial charge in [0.2, 0.25) is 0 Å². The van der Waals surface area contributed by atoms with Gasteiger partial charge in [0, 0.05) is 16.7 Å². The molecule has 110 valence electrons. The zero-order valence-corrected chi connectivity index (χ0v) is 13.0. The minimum Gasteiger partial charge on any atom is -0.461 e. The van der Waals surface area contributed by atoms with Crippen molar-refractivity contribution >= 4 is 10.8 Å². The van der Waals surface area contributed by atoms with Gasteiger partial charge in [-0.3, -0.25) is 0 Å². The molecule has 0 aromatic heterocycles. The van der Waals surface area contributed by atoms with Crippen molar-refractivity contribution in [2.75, 3.05) is 0 Å². The second-order valence-electron chi connectivity index (χ2n) is 4.71. The summed E-state index contributed by atoms with van der Waals surface area (Å²) in [5.74, 6) is 1.55. The molecule has 21 heavy (non-hydrogen) atoms. The Morgan fingerprint density at radius 2 is 1.67 bits per heavy atom. The molecule has 0 heterocycles. The van der Waals surface area contributed by atoms with Crippen molar-refractivity contribution in [2.45, 2.75) is 31.1 Å². The summed E-state index contributed by atoms with van der Waals surface area (Å²) >= 11 is 0. The lowest BCUT2D eigenvalue weighted by Crippen LogP contribution is -1.98. The highest BCUT2D eigenvalue weighted by Crippen LogP contribution is 2.19. The maximum atomic E-state index is 12.4. The van der Waals surface area contributed by atoms with Crippen molar-refractivity contribution in [3.05, 3.63) is 71.8 Å². The van der Waals surface area contributed by atoms with Gasteiger partial charge in [-0.05, 0) is 30.7 Å². The smallest absolute Gasteiger partial charge is 0.126 e. The monoisotopic (exact) mass is 300 g/mol. The molecule has 0 fully saturated rings. The number of allylic oxidation sites excluding steroid dienone is 1. The third-order valence-corrected chi connectivity index (χ3v) is 4.20. The predicted octanol–water partition coefficient (Wildman–Crippen LogP) is 4.90. The zero-order chi connectivity index (χ0) is 14.9. The van der Waals surface area contributed by atoms with Crippen molar-refractivity contribution in [3.8, 4) is 5.75 Å². The first-order valence-corrected chi connectivity index (χ1v) is 8.40. The summed E-state index contributed by atoms with van der Waals surface area (Å²) < 4.78 is 18.2. The minimum absolute atomic E-state index is 0.769. The normalized spacial score (nSPS) is 12.9. The van der Waals surface area contributed by atoms with Gasteiger partial charge in [0.15, 0.2) is 0 Å². The number of hydrogen-bond donors (Lipinski definition) is 0. The van der Waals surface area contributed by atoms with Gasteiger partial charge in [0.25, 0.3) is 0 Å². The van der Waals surface area contributed by atoms with Crippen LogP contribution in [0.1, 0.15) is 26.2 Å². The highest BCUT2D eigenvalue weighted by atomic mass is 32.2. The number of rotatable bonds is 7. The number of hydrogen-bond acceptors (Lipinski definition) is 2. The van der Waals surface area contributed by atoms with E-state index in [2.05, 4.69) is 6.92 Å². The maximum Gasteiger partial charge on any atom is 0.126 e. The predicted molar refractivity (Wildman–Crippen MR) is 87.5 cm³/mol. The molecule has 2 rings (SSSR count). The lowest BCUT2D eigenvalue weighted by atomic mass is 10.2. The maximum absolute atomic E-state index is 12.4. The van der Waals surface area contributed by atoms with E-state index < -0.39 is 10.8 Å². The fraction of sp³-hybridized carbons (Fsp3) is 0.222. The molecule has 1 atom stereocenters. The molecule has 0 saturated carbocycles. The molecule has 0 bridgehead atoms. The van der Waals surface area contributed by atoms with Crippen LogP contribution in [0.15, 0.2) is 76.7 Å². The van der Waals surface area contributed by atoms with Gasteiger partial charge in [-0.2, -0.15) is 0 Å². The fourth-order valence-corrected chi connectivity index (χ4v) is 2.83. The van der Waals surface area contributed by atoms with Gasteiger partial charge in [0.05, 0.1) is 10.8 Å². The number of para-hydroxylation sites is 1. The first kappa shape index (κ1) is 15.5. The van der Waals surface area contributed by atoms with E-state index in [-0.39, 0.29) is 0 Å². The Labute approximate surface area is 128 Å². The molecule has 3 heteroatoms. The van der Waals surface area contributed by atoms with Gasteiger partial charge in [-0.15, -0.1) is 0 Å². The van der Waals surface area contributed by atoms with Crippen LogP contribution in [0.4, 0.5) is 0 Å². The Morgan fingerprint density at radius 1 is 1.05 bits per heavy atom. The first-order chi connectivity index (χ1) is 10.3. The van der Waals surface area contributed by atoms with Gasteiger partial charge in [-0.25, -0.2) is 4.21 Å². The van der Waals surface area contributed by atoms with Crippen LogP contribution in [0, 0.1) is 0 Å². The van der Waals surface area contributed by atoms with Crippen molar-refractivity contribution in [2.24, 2.45) is 0 Å². The Bertz CT molecular complexity index is 591. The van der Waals surface area contributed by atoms with E-state index in [0.717, 1.165) is 35.7 Å². The highest BCUT2D eigenvalue weighted by molar-refractivity contribution is 7.88. The van der Waals surface area contributed by atoms with E-state index in [4.69, 9.17) is 4.74 Å². The first-order valence-electron chi connectivity index (χ1n) is 7.19. The second kappa shape index (κ2) is 8.42. The van der Waals surface area contributed by atoms with Crippen molar-refractivity contribution < 1.29 is 8.95 Å². The Balaban J connectivity index is 2.15. The molecule has 0 aliphatic rings. The molecule has 0 N–H and O–H groups in total. The van der Waals surface area contributed by atoms with Crippen LogP contribution < -0.4 is 4.74 Å². The molecule has 1 unspecified atom stereocenters. The summed E-state index contributed by atoms with van der Waals surface area (Å²) in [5.41, 5.74) is 0. The molecule has 0 aliphatic carbocycles. The molecular weight excluding hydrogens is 280 g/mol. The average molecular weight is 300 g/mol. The summed E-state index contributed by atoms with van der Waals surface area (Å²) in [7, 11) is -1.18. The SMILES string of the molecule is CCCC/C(=C\S(=O)c1ccccc1)Oc1ccccc1. The van der Waals surface area contributed by atoms with E-state index in [0.29, 0.717) is 0 Å². The molecule has 0 radical (unpaired) electrons. The third-order valence-electron chi connectivity index (χ3n) is 2.98. The zero-order valence-electron chi connectivity index (χ0n) is 12.2. The van der Waals surface area contributed by atoms with Crippen molar-refractivity contribution in [1.29, 1.82) is 0 Å². The topological polar surface area (TPSA) is 26.3 Å². The van der Waals surface area contributed by atoms with E-state index in [1.807, 2.05) is 60.7 Å².